The van der Waals surface area contributed by atoms with Crippen LogP contribution in [-0.2, 0) is 0 Å². The first-order chi connectivity index (χ1) is 7.27. The van der Waals surface area contributed by atoms with Crippen LogP contribution in [0.25, 0.3) is 0 Å². The minimum Gasteiger partial charge on any atom is -0.316 e. The third-order valence-corrected chi connectivity index (χ3v) is 3.63. The zero-order valence-corrected chi connectivity index (χ0v) is 10.4. The molecule has 0 saturated heterocycles. The lowest BCUT2D eigenvalue weighted by atomic mass is 10.0. The van der Waals surface area contributed by atoms with Crippen LogP contribution in [0.15, 0.2) is 23.6 Å². The average molecular weight is 225 g/mol. The van der Waals surface area contributed by atoms with Crippen molar-refractivity contribution in [2.75, 3.05) is 12.8 Å². The Hall–Kier alpha value is -0.610. The van der Waals surface area contributed by atoms with Gasteiger partial charge in [-0.2, -0.15) is 0 Å². The van der Waals surface area contributed by atoms with E-state index in [1.807, 2.05) is 13.1 Å². The van der Waals surface area contributed by atoms with Crippen molar-refractivity contribution in [2.45, 2.75) is 31.5 Å². The Bertz CT molecular complexity index is 266. The number of rotatable bonds is 6. The zero-order chi connectivity index (χ0) is 11.1. The number of nitrogens with zero attached hydrogens (tertiary/aromatic N) is 2. The van der Waals surface area contributed by atoms with E-state index >= 15 is 0 Å². The van der Waals surface area contributed by atoms with Gasteiger partial charge in [0.25, 0.3) is 0 Å². The molecular weight excluding hydrogens is 206 g/mol. The van der Waals surface area contributed by atoms with Gasteiger partial charge in [0.1, 0.15) is 0 Å². The highest BCUT2D eigenvalue weighted by molar-refractivity contribution is 7.99. The first-order valence-corrected chi connectivity index (χ1v) is 6.33. The summed E-state index contributed by atoms with van der Waals surface area (Å²) in [5, 5.41) is 4.21. The third kappa shape index (κ3) is 4.18. The molecule has 1 N–H and O–H groups in total. The molecule has 0 aliphatic carbocycles. The Morgan fingerprint density at radius 2 is 2.07 bits per heavy atom. The number of hydrogen-bond acceptors (Lipinski definition) is 4. The van der Waals surface area contributed by atoms with E-state index < -0.39 is 0 Å². The van der Waals surface area contributed by atoms with E-state index in [4.69, 9.17) is 0 Å². The van der Waals surface area contributed by atoms with Gasteiger partial charge < -0.3 is 5.32 Å². The summed E-state index contributed by atoms with van der Waals surface area (Å²) in [6.45, 7) is 4.49. The third-order valence-electron chi connectivity index (χ3n) is 2.64. The maximum absolute atomic E-state index is 4.19. The summed E-state index contributed by atoms with van der Waals surface area (Å²) < 4.78 is 0. The summed E-state index contributed by atoms with van der Waals surface area (Å²) in [6.07, 6.45) is 4.77. The van der Waals surface area contributed by atoms with Gasteiger partial charge in [0.2, 0.25) is 0 Å². The van der Waals surface area contributed by atoms with Crippen LogP contribution in [0.4, 0.5) is 0 Å². The second kappa shape index (κ2) is 6.80. The van der Waals surface area contributed by atoms with Crippen LogP contribution in [0.2, 0.25) is 0 Å². The van der Waals surface area contributed by atoms with Gasteiger partial charge in [-0.15, -0.1) is 0 Å². The molecule has 0 aliphatic rings. The van der Waals surface area contributed by atoms with E-state index in [-0.39, 0.29) is 0 Å². The Balaban J connectivity index is 2.41. The molecular formula is C11H19N3S. The quantitative estimate of drug-likeness (QED) is 0.595. The fraction of sp³-hybridized carbons (Fsp3) is 0.636. The van der Waals surface area contributed by atoms with Crippen molar-refractivity contribution < 1.29 is 0 Å². The molecule has 0 bridgehead atoms. The zero-order valence-electron chi connectivity index (χ0n) is 9.60. The molecule has 1 heterocycles. The van der Waals surface area contributed by atoms with Gasteiger partial charge >= 0.3 is 0 Å². The van der Waals surface area contributed by atoms with Gasteiger partial charge in [0.05, 0.1) is 0 Å². The van der Waals surface area contributed by atoms with Crippen molar-refractivity contribution in [3.63, 3.8) is 0 Å². The van der Waals surface area contributed by atoms with Gasteiger partial charge in [0, 0.05) is 24.2 Å². The highest BCUT2D eigenvalue weighted by Crippen LogP contribution is 2.17. The lowest BCUT2D eigenvalue weighted by Crippen LogP contribution is -2.34. The van der Waals surface area contributed by atoms with Gasteiger partial charge in [0.15, 0.2) is 5.16 Å². The van der Waals surface area contributed by atoms with Crippen LogP contribution < -0.4 is 5.32 Å². The minimum atomic E-state index is 0.531. The smallest absolute Gasteiger partial charge is 0.187 e. The maximum Gasteiger partial charge on any atom is 0.187 e. The van der Waals surface area contributed by atoms with Crippen molar-refractivity contribution in [2.24, 2.45) is 5.92 Å². The molecule has 0 aromatic carbocycles. The molecule has 4 heteroatoms. The van der Waals surface area contributed by atoms with Gasteiger partial charge in [-0.25, -0.2) is 9.97 Å². The van der Waals surface area contributed by atoms with Crippen molar-refractivity contribution in [1.82, 2.24) is 15.3 Å². The van der Waals surface area contributed by atoms with Gasteiger partial charge in [-0.3, -0.25) is 0 Å². The normalized spacial score (nSPS) is 14.9. The van der Waals surface area contributed by atoms with Crippen molar-refractivity contribution in [3.8, 4) is 0 Å². The summed E-state index contributed by atoms with van der Waals surface area (Å²) >= 11 is 1.71. The lowest BCUT2D eigenvalue weighted by Gasteiger charge is -2.21. The van der Waals surface area contributed by atoms with Gasteiger partial charge in [-0.1, -0.05) is 32.0 Å². The summed E-state index contributed by atoms with van der Waals surface area (Å²) in [7, 11) is 2.02. The second-order valence-electron chi connectivity index (χ2n) is 3.62. The van der Waals surface area contributed by atoms with Crippen molar-refractivity contribution >= 4 is 11.8 Å². The second-order valence-corrected chi connectivity index (χ2v) is 4.61. The van der Waals surface area contributed by atoms with E-state index in [1.54, 1.807) is 24.2 Å². The van der Waals surface area contributed by atoms with Crippen LogP contribution >= 0.6 is 11.8 Å². The minimum absolute atomic E-state index is 0.531. The molecule has 0 amide bonds. The molecule has 0 spiro atoms. The van der Waals surface area contributed by atoms with E-state index in [0.29, 0.717) is 12.0 Å². The van der Waals surface area contributed by atoms with Crippen LogP contribution in [0.5, 0.6) is 0 Å². The predicted molar refractivity (Wildman–Crippen MR) is 65.1 cm³/mol. The van der Waals surface area contributed by atoms with Crippen molar-refractivity contribution in [1.29, 1.82) is 0 Å². The topological polar surface area (TPSA) is 37.8 Å². The molecule has 2 atom stereocenters. The molecule has 3 nitrogen and oxygen atoms in total. The molecule has 15 heavy (non-hydrogen) atoms. The number of thioether (sulfide) groups is 1. The molecule has 0 radical (unpaired) electrons. The number of nitrogens with one attached hydrogen (secondary N) is 1. The Morgan fingerprint density at radius 3 is 2.60 bits per heavy atom. The maximum atomic E-state index is 4.19. The molecule has 84 valence electrons. The van der Waals surface area contributed by atoms with E-state index in [1.165, 1.54) is 6.42 Å². The molecule has 1 rings (SSSR count). The SMILES string of the molecule is CCC(C)C(CSc1ncccn1)NC. The Kier molecular flexibility index (Phi) is 5.65. The molecule has 0 fully saturated rings. The molecule has 1 aromatic rings. The molecule has 0 saturated carbocycles. The summed E-state index contributed by atoms with van der Waals surface area (Å²) in [6, 6.07) is 2.37. The monoisotopic (exact) mass is 225 g/mol. The fourth-order valence-electron chi connectivity index (χ4n) is 1.34. The van der Waals surface area contributed by atoms with Gasteiger partial charge in [-0.05, 0) is 19.0 Å². The summed E-state index contributed by atoms with van der Waals surface area (Å²) in [5.41, 5.74) is 0. The fourth-order valence-corrected chi connectivity index (χ4v) is 2.44. The summed E-state index contributed by atoms with van der Waals surface area (Å²) in [4.78, 5) is 8.39. The largest absolute Gasteiger partial charge is 0.316 e. The Morgan fingerprint density at radius 1 is 1.40 bits per heavy atom. The first-order valence-electron chi connectivity index (χ1n) is 5.35. The number of aromatic nitrogens is 2. The predicted octanol–water partition coefficient (Wildman–Crippen LogP) is 2.20. The standard InChI is InChI=1S/C11H19N3S/c1-4-9(2)10(12-3)8-15-11-13-6-5-7-14-11/h5-7,9-10,12H,4,8H2,1-3H3. The lowest BCUT2D eigenvalue weighted by molar-refractivity contribution is 0.420. The average Bonchev–Trinajstić information content (AvgIpc) is 2.31. The first kappa shape index (κ1) is 12.5. The van der Waals surface area contributed by atoms with Crippen LogP contribution in [-0.4, -0.2) is 28.8 Å². The van der Waals surface area contributed by atoms with E-state index in [0.717, 1.165) is 10.9 Å². The highest BCUT2D eigenvalue weighted by Gasteiger charge is 2.14. The molecule has 0 aliphatic heterocycles. The summed E-state index contributed by atoms with van der Waals surface area (Å²) in [5.74, 6) is 1.71. The van der Waals surface area contributed by atoms with Crippen LogP contribution in [0.3, 0.4) is 0 Å². The van der Waals surface area contributed by atoms with Crippen LogP contribution in [0.1, 0.15) is 20.3 Å². The molecule has 1 aromatic heterocycles. The Labute approximate surface area is 96.1 Å². The van der Waals surface area contributed by atoms with E-state index in [9.17, 15) is 0 Å². The van der Waals surface area contributed by atoms with Crippen molar-refractivity contribution in [3.05, 3.63) is 18.5 Å². The molecule has 2 unspecified atom stereocenters. The van der Waals surface area contributed by atoms with E-state index in [2.05, 4.69) is 29.1 Å². The highest BCUT2D eigenvalue weighted by atomic mass is 32.2. The number of hydrogen-bond donors (Lipinski definition) is 1. The van der Waals surface area contributed by atoms with Crippen LogP contribution in [0, 0.1) is 5.92 Å².